The number of aromatic nitrogens is 5. The third-order valence-corrected chi connectivity index (χ3v) is 4.81. The lowest BCUT2D eigenvalue weighted by Gasteiger charge is -2.10. The lowest BCUT2D eigenvalue weighted by molar-refractivity contribution is 0.215. The van der Waals surface area contributed by atoms with Crippen LogP contribution in [0, 0.1) is 0 Å². The van der Waals surface area contributed by atoms with Gasteiger partial charge in [0, 0.05) is 21.8 Å². The van der Waals surface area contributed by atoms with Gasteiger partial charge < -0.3 is 15.1 Å². The molecule has 0 aliphatic heterocycles. The monoisotopic (exact) mass is 423 g/mol. The van der Waals surface area contributed by atoms with E-state index in [4.69, 9.17) is 34.8 Å². The van der Waals surface area contributed by atoms with Gasteiger partial charge in [0.15, 0.2) is 5.65 Å². The lowest BCUT2D eigenvalue weighted by Crippen LogP contribution is -2.17. The largest absolute Gasteiger partial charge is 0.382 e. The number of aromatic amines is 2. The van der Waals surface area contributed by atoms with E-state index in [9.17, 15) is 9.90 Å². The molecule has 3 heterocycles. The van der Waals surface area contributed by atoms with Crippen LogP contribution in [0.25, 0.3) is 11.2 Å². The summed E-state index contributed by atoms with van der Waals surface area (Å²) in [5, 5.41) is 11.7. The molecular formula is C17H12Cl3N5O2. The van der Waals surface area contributed by atoms with E-state index in [0.29, 0.717) is 43.4 Å². The number of hydrogen-bond donors (Lipinski definition) is 3. The zero-order chi connectivity index (χ0) is 19.1. The number of imidazole rings is 2. The number of rotatable bonds is 4. The summed E-state index contributed by atoms with van der Waals surface area (Å²) in [6.45, 7) is 0.171. The molecule has 0 spiro atoms. The molecule has 0 amide bonds. The number of aliphatic hydroxyl groups excluding tert-OH is 1. The molecule has 3 N–H and O–H groups in total. The lowest BCUT2D eigenvalue weighted by atomic mass is 10.1. The number of hydrogen-bond acceptors (Lipinski definition) is 4. The minimum absolute atomic E-state index is 0.171. The highest BCUT2D eigenvalue weighted by Crippen LogP contribution is 2.29. The van der Waals surface area contributed by atoms with Crippen molar-refractivity contribution in [2.75, 3.05) is 0 Å². The molecule has 4 rings (SSSR count). The Bertz CT molecular complexity index is 1200. The van der Waals surface area contributed by atoms with Gasteiger partial charge in [-0.05, 0) is 24.3 Å². The number of nitrogens with zero attached hydrogens (tertiary/aromatic N) is 3. The Morgan fingerprint density at radius 1 is 1.11 bits per heavy atom. The fourth-order valence-corrected chi connectivity index (χ4v) is 3.41. The Hall–Kier alpha value is -2.32. The zero-order valence-electron chi connectivity index (χ0n) is 13.6. The summed E-state index contributed by atoms with van der Waals surface area (Å²) < 4.78 is 1.39. The van der Waals surface area contributed by atoms with E-state index in [1.54, 1.807) is 24.3 Å². The van der Waals surface area contributed by atoms with Crippen molar-refractivity contribution in [1.29, 1.82) is 0 Å². The maximum Gasteiger partial charge on any atom is 0.326 e. The summed E-state index contributed by atoms with van der Waals surface area (Å²) in [7, 11) is 0. The molecule has 1 atom stereocenters. The SMILES string of the molecule is O=c1[nH]c(C(O)c2ccc(Cl)cc2Cl)cn1Cc1nc2nc(Cl)ccc2[nH]1. The van der Waals surface area contributed by atoms with Crippen molar-refractivity contribution < 1.29 is 5.11 Å². The molecule has 0 aliphatic rings. The summed E-state index contributed by atoms with van der Waals surface area (Å²) in [5.74, 6) is 0.534. The Kier molecular flexibility index (Phi) is 4.69. The standard InChI is InChI=1S/C17H12Cl3N5O2/c18-8-1-2-9(10(19)5-8)15(26)12-6-25(17(27)22-12)7-14-21-11-3-4-13(20)23-16(11)24-14/h1-6,15,26H,7H2,(H,22,27)(H,21,23,24). The Morgan fingerprint density at radius 3 is 2.70 bits per heavy atom. The summed E-state index contributed by atoms with van der Waals surface area (Å²) in [6.07, 6.45) is 0.422. The molecular weight excluding hydrogens is 413 g/mol. The summed E-state index contributed by atoms with van der Waals surface area (Å²) in [6, 6.07) is 8.17. The van der Waals surface area contributed by atoms with Gasteiger partial charge in [0.25, 0.3) is 0 Å². The second kappa shape index (κ2) is 7.01. The molecule has 0 aliphatic carbocycles. The molecule has 0 fully saturated rings. The highest BCUT2D eigenvalue weighted by molar-refractivity contribution is 6.35. The van der Waals surface area contributed by atoms with Crippen LogP contribution in [0.1, 0.15) is 23.2 Å². The van der Waals surface area contributed by atoms with Crippen molar-refractivity contribution in [3.8, 4) is 0 Å². The number of fused-ring (bicyclic) bond motifs is 1. The van der Waals surface area contributed by atoms with Crippen LogP contribution in [0.15, 0.2) is 41.3 Å². The maximum absolute atomic E-state index is 12.3. The van der Waals surface area contributed by atoms with E-state index in [2.05, 4.69) is 19.9 Å². The van der Waals surface area contributed by atoms with Crippen molar-refractivity contribution >= 4 is 46.0 Å². The van der Waals surface area contributed by atoms with E-state index >= 15 is 0 Å². The quantitative estimate of drug-likeness (QED) is 0.436. The second-order valence-electron chi connectivity index (χ2n) is 5.90. The minimum atomic E-state index is -1.10. The Morgan fingerprint density at radius 2 is 1.93 bits per heavy atom. The normalized spacial score (nSPS) is 12.6. The number of halogens is 3. The highest BCUT2D eigenvalue weighted by atomic mass is 35.5. The highest BCUT2D eigenvalue weighted by Gasteiger charge is 2.18. The van der Waals surface area contributed by atoms with Crippen LogP contribution in [0.5, 0.6) is 0 Å². The van der Waals surface area contributed by atoms with Gasteiger partial charge in [0.1, 0.15) is 17.1 Å². The van der Waals surface area contributed by atoms with Gasteiger partial charge in [-0.2, -0.15) is 0 Å². The van der Waals surface area contributed by atoms with E-state index in [0.717, 1.165) is 0 Å². The molecule has 7 nitrogen and oxygen atoms in total. The predicted octanol–water partition coefficient (Wildman–Crippen LogP) is 3.54. The average Bonchev–Trinajstić information content (AvgIpc) is 3.17. The Labute approximate surface area is 167 Å². The molecule has 0 bridgehead atoms. The molecule has 3 aromatic heterocycles. The van der Waals surface area contributed by atoms with Gasteiger partial charge in [0.2, 0.25) is 0 Å². The van der Waals surface area contributed by atoms with E-state index in [1.807, 2.05) is 0 Å². The van der Waals surface area contributed by atoms with Crippen LogP contribution < -0.4 is 5.69 Å². The summed E-state index contributed by atoms with van der Waals surface area (Å²) in [4.78, 5) is 26.4. The number of benzene rings is 1. The summed E-state index contributed by atoms with van der Waals surface area (Å²) in [5.41, 5.74) is 1.54. The molecule has 1 aromatic carbocycles. The maximum atomic E-state index is 12.3. The number of H-pyrrole nitrogens is 2. The Balaban J connectivity index is 1.63. The first-order valence-corrected chi connectivity index (χ1v) is 8.97. The van der Waals surface area contributed by atoms with E-state index in [-0.39, 0.29) is 12.2 Å². The van der Waals surface area contributed by atoms with Gasteiger partial charge >= 0.3 is 5.69 Å². The van der Waals surface area contributed by atoms with Crippen LogP contribution in [0.2, 0.25) is 15.2 Å². The molecule has 138 valence electrons. The van der Waals surface area contributed by atoms with Crippen LogP contribution in [-0.2, 0) is 6.54 Å². The van der Waals surface area contributed by atoms with Gasteiger partial charge in [-0.15, -0.1) is 0 Å². The van der Waals surface area contributed by atoms with Crippen molar-refractivity contribution in [2.45, 2.75) is 12.6 Å². The first-order valence-electron chi connectivity index (χ1n) is 7.84. The van der Waals surface area contributed by atoms with E-state index in [1.165, 1.54) is 16.8 Å². The van der Waals surface area contributed by atoms with Crippen molar-refractivity contribution in [2.24, 2.45) is 0 Å². The van der Waals surface area contributed by atoms with Crippen molar-refractivity contribution in [3.63, 3.8) is 0 Å². The van der Waals surface area contributed by atoms with Crippen molar-refractivity contribution in [3.05, 3.63) is 79.3 Å². The van der Waals surface area contributed by atoms with Crippen LogP contribution in [0.4, 0.5) is 0 Å². The molecule has 0 saturated carbocycles. The molecule has 1 unspecified atom stereocenters. The van der Waals surface area contributed by atoms with Crippen molar-refractivity contribution in [1.82, 2.24) is 24.5 Å². The molecule has 10 heteroatoms. The van der Waals surface area contributed by atoms with Gasteiger partial charge in [0.05, 0.1) is 17.8 Å². The number of aliphatic hydroxyl groups is 1. The first kappa shape index (κ1) is 18.1. The first-order chi connectivity index (χ1) is 12.9. The molecule has 0 radical (unpaired) electrons. The average molecular weight is 425 g/mol. The predicted molar refractivity (Wildman–Crippen MR) is 104 cm³/mol. The smallest absolute Gasteiger partial charge is 0.326 e. The zero-order valence-corrected chi connectivity index (χ0v) is 15.8. The molecule has 0 saturated heterocycles. The third kappa shape index (κ3) is 3.59. The van der Waals surface area contributed by atoms with E-state index < -0.39 is 6.10 Å². The van der Waals surface area contributed by atoms with Gasteiger partial charge in [-0.3, -0.25) is 4.57 Å². The minimum Gasteiger partial charge on any atom is -0.382 e. The molecule has 27 heavy (non-hydrogen) atoms. The van der Waals surface area contributed by atoms with Crippen LogP contribution in [-0.4, -0.2) is 29.6 Å². The van der Waals surface area contributed by atoms with Crippen LogP contribution in [0.3, 0.4) is 0 Å². The van der Waals surface area contributed by atoms with Crippen LogP contribution >= 0.6 is 34.8 Å². The fraction of sp³-hybridized carbons (Fsp3) is 0.118. The number of nitrogens with one attached hydrogen (secondary N) is 2. The third-order valence-electron chi connectivity index (χ3n) is 4.04. The van der Waals surface area contributed by atoms with Gasteiger partial charge in [-0.25, -0.2) is 14.8 Å². The van der Waals surface area contributed by atoms with Gasteiger partial charge in [-0.1, -0.05) is 40.9 Å². The summed E-state index contributed by atoms with van der Waals surface area (Å²) >= 11 is 17.9. The second-order valence-corrected chi connectivity index (χ2v) is 7.13. The topological polar surface area (TPSA) is 99.6 Å². The fourth-order valence-electron chi connectivity index (χ4n) is 2.76. The number of pyridine rings is 1. The molecule has 4 aromatic rings.